The smallest absolute Gasteiger partial charge is 0.246 e. The molecule has 3 nitrogen and oxygen atoms in total. The zero-order valence-electron chi connectivity index (χ0n) is 13.7. The van der Waals surface area contributed by atoms with Gasteiger partial charge in [0.2, 0.25) is 5.91 Å². The Balaban J connectivity index is 1.82. The van der Waals surface area contributed by atoms with Crippen LogP contribution in [0, 0.1) is 6.92 Å². The molecule has 1 aliphatic rings. The van der Waals surface area contributed by atoms with Crippen LogP contribution in [0.15, 0.2) is 54.6 Å². The van der Waals surface area contributed by atoms with Crippen LogP contribution < -0.4 is 5.32 Å². The molecular formula is C20H24N2O. The maximum atomic E-state index is 12.9. The van der Waals surface area contributed by atoms with E-state index < -0.39 is 0 Å². The summed E-state index contributed by atoms with van der Waals surface area (Å²) >= 11 is 0. The lowest BCUT2D eigenvalue weighted by Gasteiger charge is -2.33. The van der Waals surface area contributed by atoms with Gasteiger partial charge in [0.05, 0.1) is 0 Å². The van der Waals surface area contributed by atoms with Crippen LogP contribution in [0.1, 0.15) is 36.4 Å². The molecule has 2 aromatic rings. The predicted octanol–water partition coefficient (Wildman–Crippen LogP) is 4.16. The zero-order chi connectivity index (χ0) is 16.1. The summed E-state index contributed by atoms with van der Waals surface area (Å²) in [6, 6.07) is 17.9. The van der Waals surface area contributed by atoms with E-state index in [2.05, 4.69) is 10.2 Å². The Morgan fingerprint density at radius 3 is 2.26 bits per heavy atom. The standard InChI is InChI=1S/C20H24N2O/c1-16-10-12-18(13-11-16)21-20(23)19(17-8-4-2-5-9-17)22-14-6-3-7-15-22/h2,4-5,8-13,19H,3,6-7,14-15H2,1H3,(H,21,23)/t19-/m1/s1. The molecule has 0 spiro atoms. The van der Waals surface area contributed by atoms with Gasteiger partial charge >= 0.3 is 0 Å². The number of nitrogens with one attached hydrogen (secondary N) is 1. The third-order valence-corrected chi connectivity index (χ3v) is 4.44. The van der Waals surface area contributed by atoms with Crippen molar-refractivity contribution < 1.29 is 4.79 Å². The molecule has 0 saturated carbocycles. The summed E-state index contributed by atoms with van der Waals surface area (Å²) in [6.45, 7) is 4.02. The largest absolute Gasteiger partial charge is 0.324 e. The van der Waals surface area contributed by atoms with Crippen molar-refractivity contribution in [3.8, 4) is 0 Å². The van der Waals surface area contributed by atoms with Gasteiger partial charge in [-0.3, -0.25) is 9.69 Å². The number of likely N-dealkylation sites (tertiary alicyclic amines) is 1. The van der Waals surface area contributed by atoms with Gasteiger partial charge in [-0.1, -0.05) is 54.4 Å². The van der Waals surface area contributed by atoms with E-state index in [9.17, 15) is 4.79 Å². The number of carbonyl (C=O) groups excluding carboxylic acids is 1. The van der Waals surface area contributed by atoms with E-state index in [1.807, 2.05) is 61.5 Å². The van der Waals surface area contributed by atoms with E-state index in [1.165, 1.54) is 24.8 Å². The van der Waals surface area contributed by atoms with Crippen LogP contribution in [-0.2, 0) is 4.79 Å². The van der Waals surface area contributed by atoms with Gasteiger partial charge in [-0.15, -0.1) is 0 Å². The molecule has 0 bridgehead atoms. The lowest BCUT2D eigenvalue weighted by Crippen LogP contribution is -2.40. The molecule has 2 aromatic carbocycles. The summed E-state index contributed by atoms with van der Waals surface area (Å²) in [5.41, 5.74) is 3.12. The van der Waals surface area contributed by atoms with Gasteiger partial charge in [-0.25, -0.2) is 0 Å². The maximum absolute atomic E-state index is 12.9. The Morgan fingerprint density at radius 2 is 1.61 bits per heavy atom. The van der Waals surface area contributed by atoms with E-state index in [1.54, 1.807) is 0 Å². The van der Waals surface area contributed by atoms with Crippen molar-refractivity contribution in [2.45, 2.75) is 32.2 Å². The number of hydrogen-bond donors (Lipinski definition) is 1. The molecule has 0 aliphatic carbocycles. The van der Waals surface area contributed by atoms with Gasteiger partial charge in [0.1, 0.15) is 6.04 Å². The minimum atomic E-state index is -0.210. The van der Waals surface area contributed by atoms with Crippen LogP contribution in [0.4, 0.5) is 5.69 Å². The summed E-state index contributed by atoms with van der Waals surface area (Å²) in [6.07, 6.45) is 3.60. The van der Waals surface area contributed by atoms with Gasteiger partial charge in [0, 0.05) is 5.69 Å². The predicted molar refractivity (Wildman–Crippen MR) is 94.4 cm³/mol. The minimum absolute atomic E-state index is 0.0574. The second-order valence-corrected chi connectivity index (χ2v) is 6.27. The Morgan fingerprint density at radius 1 is 0.957 bits per heavy atom. The molecule has 1 N–H and O–H groups in total. The molecule has 23 heavy (non-hydrogen) atoms. The second kappa shape index (κ2) is 7.42. The summed E-state index contributed by atoms with van der Waals surface area (Å²) in [5.74, 6) is 0.0574. The molecule has 0 aromatic heterocycles. The van der Waals surface area contributed by atoms with E-state index in [0.717, 1.165) is 24.3 Å². The van der Waals surface area contributed by atoms with Crippen LogP contribution in [0.5, 0.6) is 0 Å². The van der Waals surface area contributed by atoms with Gasteiger partial charge in [-0.2, -0.15) is 0 Å². The Labute approximate surface area is 138 Å². The van der Waals surface area contributed by atoms with Crippen LogP contribution in [0.25, 0.3) is 0 Å². The highest BCUT2D eigenvalue weighted by Crippen LogP contribution is 2.26. The van der Waals surface area contributed by atoms with E-state index in [-0.39, 0.29) is 11.9 Å². The van der Waals surface area contributed by atoms with Crippen LogP contribution in [0.3, 0.4) is 0 Å². The molecule has 1 fully saturated rings. The summed E-state index contributed by atoms with van der Waals surface area (Å²) in [7, 11) is 0. The van der Waals surface area contributed by atoms with Crippen LogP contribution in [0.2, 0.25) is 0 Å². The molecule has 3 heteroatoms. The first-order valence-corrected chi connectivity index (χ1v) is 8.40. The molecule has 1 saturated heterocycles. The first-order chi connectivity index (χ1) is 11.2. The lowest BCUT2D eigenvalue weighted by molar-refractivity contribution is -0.122. The van der Waals surface area contributed by atoms with Gasteiger partial charge in [-0.05, 0) is 50.6 Å². The quantitative estimate of drug-likeness (QED) is 0.920. The molecule has 1 aliphatic heterocycles. The van der Waals surface area contributed by atoms with Gasteiger partial charge in [0.25, 0.3) is 0 Å². The van der Waals surface area contributed by atoms with Crippen molar-refractivity contribution >= 4 is 11.6 Å². The number of benzene rings is 2. The first-order valence-electron chi connectivity index (χ1n) is 8.40. The lowest BCUT2D eigenvalue weighted by atomic mass is 10.0. The highest BCUT2D eigenvalue weighted by Gasteiger charge is 2.28. The number of carbonyl (C=O) groups is 1. The molecule has 3 rings (SSSR count). The Bertz CT molecular complexity index is 630. The fourth-order valence-corrected chi connectivity index (χ4v) is 3.19. The third-order valence-electron chi connectivity index (χ3n) is 4.44. The van der Waals surface area contributed by atoms with Gasteiger partial charge in [0.15, 0.2) is 0 Å². The van der Waals surface area contributed by atoms with Crippen molar-refractivity contribution in [2.75, 3.05) is 18.4 Å². The van der Waals surface area contributed by atoms with Crippen LogP contribution >= 0.6 is 0 Å². The monoisotopic (exact) mass is 308 g/mol. The van der Waals surface area contributed by atoms with Crippen molar-refractivity contribution in [3.05, 3.63) is 65.7 Å². The highest BCUT2D eigenvalue weighted by molar-refractivity contribution is 5.95. The molecule has 1 atom stereocenters. The molecule has 120 valence electrons. The van der Waals surface area contributed by atoms with Crippen molar-refractivity contribution in [3.63, 3.8) is 0 Å². The Hall–Kier alpha value is -2.13. The fraction of sp³-hybridized carbons (Fsp3) is 0.350. The van der Waals surface area contributed by atoms with Crippen LogP contribution in [-0.4, -0.2) is 23.9 Å². The minimum Gasteiger partial charge on any atom is -0.324 e. The molecule has 0 unspecified atom stereocenters. The topological polar surface area (TPSA) is 32.3 Å². The van der Waals surface area contributed by atoms with E-state index >= 15 is 0 Å². The number of amides is 1. The number of nitrogens with zero attached hydrogens (tertiary/aromatic N) is 1. The Kier molecular flexibility index (Phi) is 5.09. The second-order valence-electron chi connectivity index (χ2n) is 6.27. The van der Waals surface area contributed by atoms with Gasteiger partial charge < -0.3 is 5.32 Å². The molecule has 1 amide bonds. The third kappa shape index (κ3) is 3.99. The molecular weight excluding hydrogens is 284 g/mol. The number of rotatable bonds is 4. The SMILES string of the molecule is Cc1ccc(NC(=O)[C@@H](c2ccccc2)N2CCCCC2)cc1. The van der Waals surface area contributed by atoms with Crippen molar-refractivity contribution in [2.24, 2.45) is 0 Å². The highest BCUT2D eigenvalue weighted by atomic mass is 16.2. The zero-order valence-corrected chi connectivity index (χ0v) is 13.7. The maximum Gasteiger partial charge on any atom is 0.246 e. The molecule has 1 heterocycles. The number of piperidine rings is 1. The number of hydrogen-bond acceptors (Lipinski definition) is 2. The first kappa shape index (κ1) is 15.8. The average molecular weight is 308 g/mol. The fourth-order valence-electron chi connectivity index (χ4n) is 3.19. The van der Waals surface area contributed by atoms with E-state index in [4.69, 9.17) is 0 Å². The summed E-state index contributed by atoms with van der Waals surface area (Å²) in [4.78, 5) is 15.3. The van der Waals surface area contributed by atoms with E-state index in [0.29, 0.717) is 0 Å². The van der Waals surface area contributed by atoms with Crippen molar-refractivity contribution in [1.82, 2.24) is 4.90 Å². The van der Waals surface area contributed by atoms with Crippen molar-refractivity contribution in [1.29, 1.82) is 0 Å². The number of aryl methyl sites for hydroxylation is 1. The average Bonchev–Trinajstić information content (AvgIpc) is 2.59. The normalized spacial score (nSPS) is 16.7. The summed E-state index contributed by atoms with van der Waals surface area (Å²) in [5, 5.41) is 3.08. The molecule has 0 radical (unpaired) electrons. The number of anilines is 1. The summed E-state index contributed by atoms with van der Waals surface area (Å²) < 4.78 is 0.